The van der Waals surface area contributed by atoms with E-state index in [1.54, 1.807) is 18.2 Å². The summed E-state index contributed by atoms with van der Waals surface area (Å²) >= 11 is 12.1. The highest BCUT2D eigenvalue weighted by atomic mass is 35.5. The van der Waals surface area contributed by atoms with Crippen molar-refractivity contribution in [3.8, 4) is 0 Å². The summed E-state index contributed by atoms with van der Waals surface area (Å²) in [6.07, 6.45) is 2.38. The van der Waals surface area contributed by atoms with Crippen LogP contribution in [-0.2, 0) is 4.79 Å². The standard InChI is InChI=1S/C15H20Cl2N2O/c1-10-5-4-8-19(9-10)11(2)15(20)18-14-12(16)6-3-7-13(14)17/h3,6-7,10-11H,4-5,8-9H2,1-2H3,(H,18,20)/t10-,11+/m1/s1. The second kappa shape index (κ2) is 6.79. The Labute approximate surface area is 130 Å². The number of nitrogens with one attached hydrogen (secondary N) is 1. The van der Waals surface area contributed by atoms with Crippen molar-refractivity contribution < 1.29 is 4.79 Å². The van der Waals surface area contributed by atoms with Crippen molar-refractivity contribution in [1.82, 2.24) is 4.90 Å². The minimum atomic E-state index is -0.176. The Hall–Kier alpha value is -0.770. The van der Waals surface area contributed by atoms with Crippen molar-refractivity contribution in [3.05, 3.63) is 28.2 Å². The molecule has 1 saturated heterocycles. The maximum absolute atomic E-state index is 12.4. The maximum atomic E-state index is 12.4. The maximum Gasteiger partial charge on any atom is 0.241 e. The van der Waals surface area contributed by atoms with Crippen molar-refractivity contribution in [2.45, 2.75) is 32.7 Å². The normalized spacial score (nSPS) is 21.5. The van der Waals surface area contributed by atoms with Gasteiger partial charge in [-0.1, -0.05) is 36.2 Å². The summed E-state index contributed by atoms with van der Waals surface area (Å²) in [4.78, 5) is 14.6. The number of carbonyl (C=O) groups is 1. The third-order valence-corrected chi connectivity index (χ3v) is 4.46. The minimum Gasteiger partial charge on any atom is -0.322 e. The van der Waals surface area contributed by atoms with Gasteiger partial charge in [-0.25, -0.2) is 0 Å². The van der Waals surface area contributed by atoms with Crippen LogP contribution in [0.3, 0.4) is 0 Å². The summed E-state index contributed by atoms with van der Waals surface area (Å²) < 4.78 is 0. The number of anilines is 1. The molecule has 0 unspecified atom stereocenters. The summed E-state index contributed by atoms with van der Waals surface area (Å²) in [5.74, 6) is 0.581. The highest BCUT2D eigenvalue weighted by Gasteiger charge is 2.26. The summed E-state index contributed by atoms with van der Waals surface area (Å²) in [6.45, 7) is 6.08. The second-order valence-electron chi connectivity index (χ2n) is 5.50. The molecule has 0 bridgehead atoms. The van der Waals surface area contributed by atoms with Gasteiger partial charge in [-0.2, -0.15) is 0 Å². The van der Waals surface area contributed by atoms with E-state index in [9.17, 15) is 4.79 Å². The Bertz CT molecular complexity index is 473. The van der Waals surface area contributed by atoms with E-state index in [1.165, 1.54) is 6.42 Å². The Morgan fingerprint density at radius 3 is 2.65 bits per heavy atom. The summed E-state index contributed by atoms with van der Waals surface area (Å²) in [5, 5.41) is 3.77. The van der Waals surface area contributed by atoms with Crippen LogP contribution in [0.4, 0.5) is 5.69 Å². The smallest absolute Gasteiger partial charge is 0.241 e. The molecule has 0 aliphatic carbocycles. The van der Waals surface area contributed by atoms with Crippen molar-refractivity contribution in [1.29, 1.82) is 0 Å². The van der Waals surface area contributed by atoms with Crippen LogP contribution in [0.5, 0.6) is 0 Å². The van der Waals surface area contributed by atoms with E-state index >= 15 is 0 Å². The van der Waals surface area contributed by atoms with E-state index < -0.39 is 0 Å². The first-order valence-electron chi connectivity index (χ1n) is 6.98. The lowest BCUT2D eigenvalue weighted by atomic mass is 9.99. The van der Waals surface area contributed by atoms with Gasteiger partial charge < -0.3 is 5.32 Å². The molecule has 5 heteroatoms. The van der Waals surface area contributed by atoms with Crippen molar-refractivity contribution in [3.63, 3.8) is 0 Å². The van der Waals surface area contributed by atoms with Crippen LogP contribution in [0, 0.1) is 5.92 Å². The fraction of sp³-hybridized carbons (Fsp3) is 0.533. The summed E-state index contributed by atoms with van der Waals surface area (Å²) in [6, 6.07) is 5.02. The quantitative estimate of drug-likeness (QED) is 0.912. The van der Waals surface area contributed by atoms with Crippen LogP contribution in [-0.4, -0.2) is 29.9 Å². The molecule has 2 atom stereocenters. The van der Waals surface area contributed by atoms with Gasteiger partial charge in [0.15, 0.2) is 0 Å². The van der Waals surface area contributed by atoms with Crippen molar-refractivity contribution >= 4 is 34.8 Å². The zero-order valence-electron chi connectivity index (χ0n) is 11.8. The topological polar surface area (TPSA) is 32.3 Å². The zero-order valence-corrected chi connectivity index (χ0v) is 13.3. The molecule has 0 spiro atoms. The van der Waals surface area contributed by atoms with Crippen LogP contribution in [0.1, 0.15) is 26.7 Å². The molecule has 2 rings (SSSR count). The number of carbonyl (C=O) groups excluding carboxylic acids is 1. The fourth-order valence-electron chi connectivity index (χ4n) is 2.59. The lowest BCUT2D eigenvalue weighted by molar-refractivity contribution is -0.121. The molecule has 1 aliphatic rings. The first kappa shape index (κ1) is 15.6. The molecular weight excluding hydrogens is 295 g/mol. The number of hydrogen-bond acceptors (Lipinski definition) is 2. The predicted molar refractivity (Wildman–Crippen MR) is 84.5 cm³/mol. The number of benzene rings is 1. The van der Waals surface area contributed by atoms with Crippen LogP contribution < -0.4 is 5.32 Å². The largest absolute Gasteiger partial charge is 0.322 e. The molecule has 110 valence electrons. The van der Waals surface area contributed by atoms with Gasteiger partial charge in [0.05, 0.1) is 21.8 Å². The first-order valence-corrected chi connectivity index (χ1v) is 7.73. The summed E-state index contributed by atoms with van der Waals surface area (Å²) in [5.41, 5.74) is 0.498. The molecule has 0 saturated carbocycles. The van der Waals surface area contributed by atoms with Crippen LogP contribution in [0.15, 0.2) is 18.2 Å². The average Bonchev–Trinajstić information content (AvgIpc) is 2.42. The summed E-state index contributed by atoms with van der Waals surface area (Å²) in [7, 11) is 0. The van der Waals surface area contributed by atoms with E-state index in [4.69, 9.17) is 23.2 Å². The highest BCUT2D eigenvalue weighted by Crippen LogP contribution is 2.30. The van der Waals surface area contributed by atoms with Gasteiger partial charge in [0.1, 0.15) is 0 Å². The second-order valence-corrected chi connectivity index (χ2v) is 6.32. The molecule has 1 N–H and O–H groups in total. The molecule has 3 nitrogen and oxygen atoms in total. The number of amides is 1. The Balaban J connectivity index is 2.04. The number of hydrogen-bond donors (Lipinski definition) is 1. The number of halogens is 2. The van der Waals surface area contributed by atoms with E-state index in [0.29, 0.717) is 21.7 Å². The van der Waals surface area contributed by atoms with Crippen molar-refractivity contribution in [2.75, 3.05) is 18.4 Å². The monoisotopic (exact) mass is 314 g/mol. The molecule has 1 aliphatic heterocycles. The average molecular weight is 315 g/mol. The van der Waals surface area contributed by atoms with E-state index in [2.05, 4.69) is 17.1 Å². The van der Waals surface area contributed by atoms with E-state index in [1.807, 2.05) is 6.92 Å². The predicted octanol–water partition coefficient (Wildman–Crippen LogP) is 4.05. The SMILES string of the molecule is C[C@@H]1CCCN([C@@H](C)C(=O)Nc2c(Cl)cccc2Cl)C1. The van der Waals surface area contributed by atoms with Crippen LogP contribution >= 0.6 is 23.2 Å². The Kier molecular flexibility index (Phi) is 5.30. The number of piperidine rings is 1. The van der Waals surface area contributed by atoms with Crippen LogP contribution in [0.25, 0.3) is 0 Å². The molecule has 1 aromatic rings. The van der Waals surface area contributed by atoms with Gasteiger partial charge in [0, 0.05) is 6.54 Å². The lowest BCUT2D eigenvalue weighted by Gasteiger charge is -2.34. The third-order valence-electron chi connectivity index (χ3n) is 3.83. The molecule has 20 heavy (non-hydrogen) atoms. The van der Waals surface area contributed by atoms with Gasteiger partial charge in [0.25, 0.3) is 0 Å². The van der Waals surface area contributed by atoms with Gasteiger partial charge >= 0.3 is 0 Å². The van der Waals surface area contributed by atoms with E-state index in [-0.39, 0.29) is 11.9 Å². The molecule has 1 aromatic carbocycles. The van der Waals surface area contributed by atoms with Gasteiger partial charge in [-0.3, -0.25) is 9.69 Å². The molecule has 1 fully saturated rings. The number of likely N-dealkylation sites (tertiary alicyclic amines) is 1. The number of para-hydroxylation sites is 1. The molecule has 1 amide bonds. The van der Waals surface area contributed by atoms with Crippen LogP contribution in [0.2, 0.25) is 10.0 Å². The molecule has 0 aromatic heterocycles. The number of rotatable bonds is 3. The van der Waals surface area contributed by atoms with Gasteiger partial charge in [0.2, 0.25) is 5.91 Å². The van der Waals surface area contributed by atoms with Gasteiger partial charge in [-0.05, 0) is 44.4 Å². The number of nitrogens with zero attached hydrogens (tertiary/aromatic N) is 1. The minimum absolute atomic E-state index is 0.0610. The Morgan fingerprint density at radius 2 is 2.05 bits per heavy atom. The Morgan fingerprint density at radius 1 is 1.40 bits per heavy atom. The molecule has 1 heterocycles. The fourth-order valence-corrected chi connectivity index (χ4v) is 3.08. The van der Waals surface area contributed by atoms with Crippen molar-refractivity contribution in [2.24, 2.45) is 5.92 Å². The first-order chi connectivity index (χ1) is 9.49. The third kappa shape index (κ3) is 3.66. The van der Waals surface area contributed by atoms with E-state index in [0.717, 1.165) is 19.5 Å². The lowest BCUT2D eigenvalue weighted by Crippen LogP contribution is -2.46. The molecule has 0 radical (unpaired) electrons. The van der Waals surface area contributed by atoms with Gasteiger partial charge in [-0.15, -0.1) is 0 Å². The zero-order chi connectivity index (χ0) is 14.7. The molecular formula is C15H20Cl2N2O. The highest BCUT2D eigenvalue weighted by molar-refractivity contribution is 6.39.